The zero-order valence-electron chi connectivity index (χ0n) is 12.1. The number of esters is 1. The molecular formula is C15H24N2O2. The van der Waals surface area contributed by atoms with E-state index in [1.54, 1.807) is 0 Å². The van der Waals surface area contributed by atoms with Gasteiger partial charge in [0.15, 0.2) is 0 Å². The van der Waals surface area contributed by atoms with E-state index in [-0.39, 0.29) is 12.0 Å². The highest BCUT2D eigenvalue weighted by molar-refractivity contribution is 5.76. The fourth-order valence-electron chi connectivity index (χ4n) is 1.96. The Labute approximate surface area is 115 Å². The molecule has 0 saturated carbocycles. The number of hydrogen-bond donors (Lipinski definition) is 1. The maximum absolute atomic E-state index is 11.8. The fraction of sp³-hybridized carbons (Fsp3) is 0.533. The standard InChI is InChI=1S/C15H24N2O2/c1-4-11-16-14(15(18)19-3)12-17(5-2)13-9-7-6-8-10-13/h6-10,14,16H,4-5,11-12H2,1-3H3. The topological polar surface area (TPSA) is 41.6 Å². The number of ether oxygens (including phenoxy) is 1. The molecule has 1 N–H and O–H groups in total. The molecule has 0 radical (unpaired) electrons. The second kappa shape index (κ2) is 8.53. The van der Waals surface area contributed by atoms with Crippen molar-refractivity contribution in [3.63, 3.8) is 0 Å². The number of hydrogen-bond acceptors (Lipinski definition) is 4. The van der Waals surface area contributed by atoms with Crippen molar-refractivity contribution in [3.05, 3.63) is 30.3 Å². The van der Waals surface area contributed by atoms with Gasteiger partial charge in [-0.3, -0.25) is 4.79 Å². The maximum Gasteiger partial charge on any atom is 0.324 e. The number of carbonyl (C=O) groups is 1. The van der Waals surface area contributed by atoms with Gasteiger partial charge in [-0.1, -0.05) is 25.1 Å². The van der Waals surface area contributed by atoms with Crippen molar-refractivity contribution in [2.45, 2.75) is 26.3 Å². The number of rotatable bonds is 8. The van der Waals surface area contributed by atoms with Gasteiger partial charge in [-0.25, -0.2) is 0 Å². The summed E-state index contributed by atoms with van der Waals surface area (Å²) < 4.78 is 4.86. The van der Waals surface area contributed by atoms with E-state index in [2.05, 4.69) is 36.2 Å². The van der Waals surface area contributed by atoms with Gasteiger partial charge in [0.2, 0.25) is 0 Å². The molecule has 19 heavy (non-hydrogen) atoms. The lowest BCUT2D eigenvalue weighted by Crippen LogP contribution is -2.47. The van der Waals surface area contributed by atoms with Crippen LogP contribution in [-0.2, 0) is 9.53 Å². The van der Waals surface area contributed by atoms with Crippen LogP contribution in [0.5, 0.6) is 0 Å². The first-order valence-electron chi connectivity index (χ1n) is 6.84. The molecule has 0 aromatic heterocycles. The molecule has 0 fully saturated rings. The zero-order valence-corrected chi connectivity index (χ0v) is 12.1. The first-order valence-corrected chi connectivity index (χ1v) is 6.84. The number of methoxy groups -OCH3 is 1. The molecule has 4 nitrogen and oxygen atoms in total. The fourth-order valence-corrected chi connectivity index (χ4v) is 1.96. The van der Waals surface area contributed by atoms with Crippen molar-refractivity contribution in [1.82, 2.24) is 5.32 Å². The van der Waals surface area contributed by atoms with Gasteiger partial charge in [0.05, 0.1) is 7.11 Å². The SMILES string of the molecule is CCCNC(CN(CC)c1ccccc1)C(=O)OC. The van der Waals surface area contributed by atoms with Crippen LogP contribution < -0.4 is 10.2 Å². The molecule has 0 saturated heterocycles. The summed E-state index contributed by atoms with van der Waals surface area (Å²) >= 11 is 0. The second-order valence-electron chi connectivity index (χ2n) is 4.40. The summed E-state index contributed by atoms with van der Waals surface area (Å²) in [4.78, 5) is 14.0. The van der Waals surface area contributed by atoms with Crippen molar-refractivity contribution >= 4 is 11.7 Å². The van der Waals surface area contributed by atoms with Gasteiger partial charge < -0.3 is 15.0 Å². The van der Waals surface area contributed by atoms with Gasteiger partial charge in [0.25, 0.3) is 0 Å². The molecule has 1 unspecified atom stereocenters. The van der Waals surface area contributed by atoms with E-state index < -0.39 is 0 Å². The summed E-state index contributed by atoms with van der Waals surface area (Å²) in [6.07, 6.45) is 0.991. The van der Waals surface area contributed by atoms with Crippen LogP contribution in [-0.4, -0.2) is 38.8 Å². The molecule has 0 aliphatic rings. The minimum atomic E-state index is -0.287. The number of likely N-dealkylation sites (N-methyl/N-ethyl adjacent to an activating group) is 1. The summed E-state index contributed by atoms with van der Waals surface area (Å²) in [5.74, 6) is -0.206. The van der Waals surface area contributed by atoms with Crippen molar-refractivity contribution in [2.24, 2.45) is 0 Å². The van der Waals surface area contributed by atoms with Crippen LogP contribution in [0.4, 0.5) is 5.69 Å². The Kier molecular flexibility index (Phi) is 6.97. The van der Waals surface area contributed by atoms with Crippen LogP contribution in [0.15, 0.2) is 30.3 Å². The van der Waals surface area contributed by atoms with Crippen molar-refractivity contribution < 1.29 is 9.53 Å². The largest absolute Gasteiger partial charge is 0.468 e. The molecule has 0 bridgehead atoms. The molecule has 0 amide bonds. The van der Waals surface area contributed by atoms with Gasteiger partial charge >= 0.3 is 5.97 Å². The van der Waals surface area contributed by atoms with Crippen LogP contribution in [0.3, 0.4) is 0 Å². The Balaban J connectivity index is 2.72. The van der Waals surface area contributed by atoms with Gasteiger partial charge in [0.1, 0.15) is 6.04 Å². The smallest absolute Gasteiger partial charge is 0.324 e. The van der Waals surface area contributed by atoms with Gasteiger partial charge in [0, 0.05) is 18.8 Å². The molecule has 4 heteroatoms. The Morgan fingerprint density at radius 1 is 1.32 bits per heavy atom. The Morgan fingerprint density at radius 3 is 2.53 bits per heavy atom. The average molecular weight is 264 g/mol. The predicted octanol–water partition coefficient (Wildman–Crippen LogP) is 2.05. The van der Waals surface area contributed by atoms with E-state index in [9.17, 15) is 4.79 Å². The summed E-state index contributed by atoms with van der Waals surface area (Å²) in [5, 5.41) is 3.24. The maximum atomic E-state index is 11.8. The van der Waals surface area contributed by atoms with E-state index in [0.29, 0.717) is 6.54 Å². The number of benzene rings is 1. The minimum Gasteiger partial charge on any atom is -0.468 e. The second-order valence-corrected chi connectivity index (χ2v) is 4.40. The molecule has 1 atom stereocenters. The van der Waals surface area contributed by atoms with E-state index in [1.165, 1.54) is 7.11 Å². The molecule has 1 aromatic rings. The van der Waals surface area contributed by atoms with E-state index in [4.69, 9.17) is 4.74 Å². The van der Waals surface area contributed by atoms with E-state index >= 15 is 0 Å². The van der Waals surface area contributed by atoms with Gasteiger partial charge in [-0.2, -0.15) is 0 Å². The van der Waals surface area contributed by atoms with Crippen LogP contribution >= 0.6 is 0 Å². The predicted molar refractivity (Wildman–Crippen MR) is 78.4 cm³/mol. The number of carbonyl (C=O) groups excluding carboxylic acids is 1. The lowest BCUT2D eigenvalue weighted by molar-refractivity contribution is -0.142. The Bertz CT molecular complexity index is 368. The monoisotopic (exact) mass is 264 g/mol. The van der Waals surface area contributed by atoms with Crippen LogP contribution in [0, 0.1) is 0 Å². The molecule has 0 aliphatic heterocycles. The first kappa shape index (κ1) is 15.5. The lowest BCUT2D eigenvalue weighted by Gasteiger charge is -2.27. The highest BCUT2D eigenvalue weighted by atomic mass is 16.5. The van der Waals surface area contributed by atoms with Gasteiger partial charge in [-0.15, -0.1) is 0 Å². The van der Waals surface area contributed by atoms with Crippen LogP contribution in [0.25, 0.3) is 0 Å². The highest BCUT2D eigenvalue weighted by Gasteiger charge is 2.21. The zero-order chi connectivity index (χ0) is 14.1. The molecular weight excluding hydrogens is 240 g/mol. The number of nitrogens with zero attached hydrogens (tertiary/aromatic N) is 1. The van der Waals surface area contributed by atoms with Gasteiger partial charge in [-0.05, 0) is 32.0 Å². The van der Waals surface area contributed by atoms with Crippen molar-refractivity contribution in [3.8, 4) is 0 Å². The molecule has 0 heterocycles. The molecule has 1 rings (SSSR count). The third-order valence-corrected chi connectivity index (χ3v) is 3.03. The normalized spacial score (nSPS) is 11.9. The Hall–Kier alpha value is -1.55. The summed E-state index contributed by atoms with van der Waals surface area (Å²) in [6.45, 7) is 6.45. The van der Waals surface area contributed by atoms with Crippen LogP contribution in [0.1, 0.15) is 20.3 Å². The number of para-hydroxylation sites is 1. The first-order chi connectivity index (χ1) is 9.22. The molecule has 0 aliphatic carbocycles. The number of nitrogens with one attached hydrogen (secondary N) is 1. The summed E-state index contributed by atoms with van der Waals surface area (Å²) in [6, 6.07) is 9.82. The van der Waals surface area contributed by atoms with Crippen molar-refractivity contribution in [2.75, 3.05) is 31.6 Å². The van der Waals surface area contributed by atoms with E-state index in [1.807, 2.05) is 18.2 Å². The average Bonchev–Trinajstić information content (AvgIpc) is 2.47. The van der Waals surface area contributed by atoms with Crippen LogP contribution in [0.2, 0.25) is 0 Å². The van der Waals surface area contributed by atoms with E-state index in [0.717, 1.165) is 25.2 Å². The minimum absolute atomic E-state index is 0.206. The van der Waals surface area contributed by atoms with Crippen molar-refractivity contribution in [1.29, 1.82) is 0 Å². The molecule has 1 aromatic carbocycles. The quantitative estimate of drug-likeness (QED) is 0.730. The third-order valence-electron chi connectivity index (χ3n) is 3.03. The summed E-state index contributed by atoms with van der Waals surface area (Å²) in [5.41, 5.74) is 1.12. The Morgan fingerprint density at radius 2 is 2.00 bits per heavy atom. The molecule has 106 valence electrons. The lowest BCUT2D eigenvalue weighted by atomic mass is 10.2. The summed E-state index contributed by atoms with van der Waals surface area (Å²) in [7, 11) is 1.43. The number of anilines is 1. The third kappa shape index (κ3) is 4.91. The highest BCUT2D eigenvalue weighted by Crippen LogP contribution is 2.13. The molecule has 0 spiro atoms.